The zero-order valence-corrected chi connectivity index (χ0v) is 17.3. The molecule has 2 aromatic carbocycles. The van der Waals surface area contributed by atoms with Crippen LogP contribution in [0, 0.1) is 0 Å². The lowest BCUT2D eigenvalue weighted by atomic mass is 9.89. The van der Waals surface area contributed by atoms with Crippen LogP contribution >= 0.6 is 0 Å². The number of hydrogen-bond acceptors (Lipinski definition) is 4. The van der Waals surface area contributed by atoms with E-state index >= 15 is 0 Å². The van der Waals surface area contributed by atoms with Gasteiger partial charge in [-0.3, -0.25) is 9.79 Å². The number of hydrogen-bond donors (Lipinski definition) is 2. The molecule has 2 N–H and O–H groups in total. The van der Waals surface area contributed by atoms with Crippen LogP contribution in [0.2, 0.25) is 0 Å². The molecule has 1 heterocycles. The Kier molecular flexibility index (Phi) is 6.36. The molecular formula is C25H26N2O4. The first-order valence-corrected chi connectivity index (χ1v) is 10.5. The smallest absolute Gasteiger partial charge is 0.303 e. The molecule has 0 bridgehead atoms. The van der Waals surface area contributed by atoms with E-state index in [-0.39, 0.29) is 12.3 Å². The maximum atomic E-state index is 11.4. The fourth-order valence-corrected chi connectivity index (χ4v) is 4.12. The molecule has 0 spiro atoms. The quantitative estimate of drug-likeness (QED) is 0.452. The normalized spacial score (nSPS) is 15.6. The highest BCUT2D eigenvalue weighted by Gasteiger charge is 2.24. The lowest BCUT2D eigenvalue weighted by Crippen LogP contribution is -2.17. The SMILES string of the molecule is O=C(O)CC1Cc2ccc(OCCCN=c3ccccn3O)cc2Cc2ccccc21. The highest BCUT2D eigenvalue weighted by atomic mass is 16.5. The minimum Gasteiger partial charge on any atom is -0.494 e. The van der Waals surface area contributed by atoms with Gasteiger partial charge in [0.2, 0.25) is 0 Å². The molecule has 0 radical (unpaired) electrons. The van der Waals surface area contributed by atoms with E-state index in [1.807, 2.05) is 24.3 Å². The van der Waals surface area contributed by atoms with Crippen molar-refractivity contribution in [2.75, 3.05) is 13.2 Å². The Balaban J connectivity index is 1.43. The minimum atomic E-state index is -0.768. The molecule has 6 heteroatoms. The molecule has 6 nitrogen and oxygen atoms in total. The van der Waals surface area contributed by atoms with Crippen LogP contribution in [0.1, 0.15) is 41.0 Å². The van der Waals surface area contributed by atoms with Crippen molar-refractivity contribution < 1.29 is 19.8 Å². The molecule has 0 saturated heterocycles. The van der Waals surface area contributed by atoms with Crippen molar-refractivity contribution in [1.29, 1.82) is 0 Å². The second kappa shape index (κ2) is 9.51. The van der Waals surface area contributed by atoms with E-state index in [0.717, 1.165) is 35.3 Å². The van der Waals surface area contributed by atoms with E-state index in [1.54, 1.807) is 18.3 Å². The number of carboxylic acid groups (broad SMARTS) is 1. The Morgan fingerprint density at radius 1 is 1.06 bits per heavy atom. The standard InChI is InChI=1S/C25H26N2O4/c28-25(29)17-21-14-18-9-10-22(16-20(18)15-19-6-1-2-7-23(19)21)31-13-5-11-26-24-8-3-4-12-27(24)30/h1-4,6-10,12,16,21,30H,5,11,13-15,17H2,(H,28,29). The van der Waals surface area contributed by atoms with Crippen molar-refractivity contribution in [2.45, 2.75) is 31.6 Å². The summed E-state index contributed by atoms with van der Waals surface area (Å²) in [7, 11) is 0. The predicted molar refractivity (Wildman–Crippen MR) is 117 cm³/mol. The molecule has 3 aromatic rings. The summed E-state index contributed by atoms with van der Waals surface area (Å²) in [5.41, 5.74) is 5.20. The Hall–Kier alpha value is -3.54. The molecule has 1 unspecified atom stereocenters. The van der Waals surface area contributed by atoms with E-state index in [2.05, 4.69) is 29.3 Å². The summed E-state index contributed by atoms with van der Waals surface area (Å²) in [6.07, 6.45) is 3.90. The van der Waals surface area contributed by atoms with Crippen LogP contribution in [0.3, 0.4) is 0 Å². The number of carboxylic acids is 1. The molecule has 0 fully saturated rings. The van der Waals surface area contributed by atoms with Crippen molar-refractivity contribution in [2.24, 2.45) is 4.99 Å². The Morgan fingerprint density at radius 3 is 2.74 bits per heavy atom. The average Bonchev–Trinajstić information content (AvgIpc) is 2.90. The molecule has 160 valence electrons. The van der Waals surface area contributed by atoms with Gasteiger partial charge in [-0.05, 0) is 65.3 Å². The number of aromatic nitrogens is 1. The number of benzene rings is 2. The lowest BCUT2D eigenvalue weighted by Gasteiger charge is -2.16. The summed E-state index contributed by atoms with van der Waals surface area (Å²) < 4.78 is 6.94. The molecule has 31 heavy (non-hydrogen) atoms. The molecule has 0 aliphatic heterocycles. The summed E-state index contributed by atoms with van der Waals surface area (Å²) in [4.78, 5) is 15.8. The van der Waals surface area contributed by atoms with E-state index in [1.165, 1.54) is 16.7 Å². The van der Waals surface area contributed by atoms with E-state index in [4.69, 9.17) is 4.74 Å². The van der Waals surface area contributed by atoms with Crippen molar-refractivity contribution in [3.05, 3.63) is 94.6 Å². The van der Waals surface area contributed by atoms with Crippen LogP contribution in [-0.2, 0) is 17.6 Å². The van der Waals surface area contributed by atoms with Gasteiger partial charge in [-0.25, -0.2) is 0 Å². The predicted octanol–water partition coefficient (Wildman–Crippen LogP) is 3.80. The number of rotatable bonds is 7. The lowest BCUT2D eigenvalue weighted by molar-refractivity contribution is -0.137. The van der Waals surface area contributed by atoms with Crippen LogP contribution < -0.4 is 10.2 Å². The number of fused-ring (bicyclic) bond motifs is 2. The fraction of sp³-hybridized carbons (Fsp3) is 0.280. The minimum absolute atomic E-state index is 0.0180. The molecule has 0 saturated carbocycles. The fourth-order valence-electron chi connectivity index (χ4n) is 4.12. The number of carbonyl (C=O) groups is 1. The van der Waals surface area contributed by atoms with E-state index in [9.17, 15) is 15.1 Å². The van der Waals surface area contributed by atoms with Crippen molar-refractivity contribution in [1.82, 2.24) is 4.73 Å². The van der Waals surface area contributed by atoms with E-state index in [0.29, 0.717) is 18.6 Å². The molecule has 4 rings (SSSR count). The number of nitrogens with zero attached hydrogens (tertiary/aromatic N) is 2. The largest absolute Gasteiger partial charge is 0.494 e. The Labute approximate surface area is 181 Å². The number of pyridine rings is 1. The summed E-state index contributed by atoms with van der Waals surface area (Å²) >= 11 is 0. The van der Waals surface area contributed by atoms with Gasteiger partial charge in [0.05, 0.1) is 13.0 Å². The van der Waals surface area contributed by atoms with Crippen LogP contribution in [0.4, 0.5) is 0 Å². The summed E-state index contributed by atoms with van der Waals surface area (Å²) in [5, 5.41) is 19.0. The van der Waals surface area contributed by atoms with Crippen molar-refractivity contribution in [3.63, 3.8) is 0 Å². The molecule has 1 aliphatic carbocycles. The topological polar surface area (TPSA) is 84.0 Å². The Morgan fingerprint density at radius 2 is 1.90 bits per heavy atom. The first-order chi connectivity index (χ1) is 15.1. The van der Waals surface area contributed by atoms with Gasteiger partial charge in [-0.2, -0.15) is 4.73 Å². The van der Waals surface area contributed by atoms with Gasteiger partial charge in [0.25, 0.3) is 0 Å². The maximum Gasteiger partial charge on any atom is 0.303 e. The second-order valence-electron chi connectivity index (χ2n) is 7.79. The number of aliphatic carboxylic acids is 1. The maximum absolute atomic E-state index is 11.4. The van der Waals surface area contributed by atoms with Crippen molar-refractivity contribution >= 4 is 5.97 Å². The molecule has 1 aliphatic rings. The van der Waals surface area contributed by atoms with Crippen LogP contribution in [0.15, 0.2) is 71.9 Å². The Bertz CT molecular complexity index is 1140. The van der Waals surface area contributed by atoms with Crippen LogP contribution in [-0.4, -0.2) is 34.2 Å². The van der Waals surface area contributed by atoms with Gasteiger partial charge in [0, 0.05) is 19.2 Å². The van der Waals surface area contributed by atoms with Gasteiger partial charge >= 0.3 is 5.97 Å². The molecular weight excluding hydrogens is 392 g/mol. The third kappa shape index (κ3) is 5.15. The zero-order valence-electron chi connectivity index (χ0n) is 17.3. The second-order valence-corrected chi connectivity index (χ2v) is 7.79. The van der Waals surface area contributed by atoms with Gasteiger partial charge < -0.3 is 15.1 Å². The number of ether oxygens (including phenoxy) is 1. The highest BCUT2D eigenvalue weighted by molar-refractivity contribution is 5.68. The third-order valence-corrected chi connectivity index (χ3v) is 5.60. The monoisotopic (exact) mass is 418 g/mol. The van der Waals surface area contributed by atoms with Gasteiger partial charge in [-0.15, -0.1) is 0 Å². The third-order valence-electron chi connectivity index (χ3n) is 5.60. The first kappa shape index (κ1) is 20.7. The first-order valence-electron chi connectivity index (χ1n) is 10.5. The van der Waals surface area contributed by atoms with Gasteiger partial charge in [0.15, 0.2) is 5.49 Å². The highest BCUT2D eigenvalue weighted by Crippen LogP contribution is 2.35. The summed E-state index contributed by atoms with van der Waals surface area (Å²) in [6.45, 7) is 1.08. The zero-order chi connectivity index (χ0) is 21.6. The van der Waals surface area contributed by atoms with Crippen molar-refractivity contribution in [3.8, 4) is 5.75 Å². The van der Waals surface area contributed by atoms with E-state index < -0.39 is 5.97 Å². The molecule has 1 atom stereocenters. The van der Waals surface area contributed by atoms with Gasteiger partial charge in [-0.1, -0.05) is 36.4 Å². The average molecular weight is 418 g/mol. The summed E-state index contributed by atoms with van der Waals surface area (Å²) in [6, 6.07) is 19.6. The van der Waals surface area contributed by atoms with Crippen LogP contribution in [0.5, 0.6) is 5.75 Å². The van der Waals surface area contributed by atoms with Crippen LogP contribution in [0.25, 0.3) is 0 Å². The molecule has 0 amide bonds. The molecule has 1 aromatic heterocycles. The van der Waals surface area contributed by atoms with Gasteiger partial charge in [0.1, 0.15) is 5.75 Å². The summed E-state index contributed by atoms with van der Waals surface area (Å²) in [5.74, 6) is 0.0243.